The fourth-order valence-electron chi connectivity index (χ4n) is 3.30. The molecule has 4 rings (SSSR count). The first-order valence-electron chi connectivity index (χ1n) is 8.54. The van der Waals surface area contributed by atoms with E-state index in [1.165, 1.54) is 21.9 Å². The lowest BCUT2D eigenvalue weighted by Crippen LogP contribution is -2.32. The Hall–Kier alpha value is -3.07. The van der Waals surface area contributed by atoms with Crippen LogP contribution in [0.4, 0.5) is 0 Å². The summed E-state index contributed by atoms with van der Waals surface area (Å²) in [6.07, 6.45) is 8.54. The van der Waals surface area contributed by atoms with Crippen molar-refractivity contribution in [1.82, 2.24) is 4.98 Å². The molecule has 124 valence electrons. The number of rotatable bonds is 4. The lowest BCUT2D eigenvalue weighted by atomic mass is 10.1. The van der Waals surface area contributed by atoms with Gasteiger partial charge in [0.25, 0.3) is 0 Å². The van der Waals surface area contributed by atoms with Crippen LogP contribution < -0.4 is 9.30 Å². The normalized spacial score (nSPS) is 11.6. The van der Waals surface area contributed by atoms with E-state index in [-0.39, 0.29) is 0 Å². The minimum Gasteiger partial charge on any atom is -0.497 e. The summed E-state index contributed by atoms with van der Waals surface area (Å²) in [6, 6.07) is 16.8. The minimum atomic E-state index is 0.871. The van der Waals surface area contributed by atoms with Crippen molar-refractivity contribution in [1.29, 1.82) is 0 Å². The smallest absolute Gasteiger partial charge is 0.213 e. The van der Waals surface area contributed by atoms with Gasteiger partial charge in [0.15, 0.2) is 6.20 Å². The molecular weight excluding hydrogens is 308 g/mol. The Balaban J connectivity index is 1.79. The predicted octanol–water partition coefficient (Wildman–Crippen LogP) is 4.81. The summed E-state index contributed by atoms with van der Waals surface area (Å²) in [7, 11) is 1.70. The molecule has 0 bridgehead atoms. The number of benzene rings is 2. The Kier molecular flexibility index (Phi) is 3.98. The largest absolute Gasteiger partial charge is 0.497 e. The number of hydrogen-bond acceptors (Lipinski definition) is 1. The first kappa shape index (κ1) is 15.5. The van der Waals surface area contributed by atoms with Gasteiger partial charge in [-0.25, -0.2) is 0 Å². The van der Waals surface area contributed by atoms with Crippen LogP contribution in [0, 0.1) is 0 Å². The molecule has 25 heavy (non-hydrogen) atoms. The van der Waals surface area contributed by atoms with Crippen LogP contribution >= 0.6 is 0 Å². The van der Waals surface area contributed by atoms with Crippen LogP contribution in [0.2, 0.25) is 0 Å². The van der Waals surface area contributed by atoms with Gasteiger partial charge in [0.1, 0.15) is 12.3 Å². The van der Waals surface area contributed by atoms with Gasteiger partial charge < -0.3 is 9.72 Å². The Bertz CT molecular complexity index is 1080. The number of nitrogens with one attached hydrogen (secondary N) is 1. The quantitative estimate of drug-likeness (QED) is 0.535. The van der Waals surface area contributed by atoms with E-state index in [9.17, 15) is 0 Å². The van der Waals surface area contributed by atoms with Crippen molar-refractivity contribution in [2.75, 3.05) is 7.11 Å². The highest BCUT2D eigenvalue weighted by molar-refractivity contribution is 5.95. The number of pyridine rings is 1. The number of methoxy groups -OCH3 is 1. The van der Waals surface area contributed by atoms with Crippen LogP contribution in [-0.2, 0) is 6.54 Å². The second-order valence-corrected chi connectivity index (χ2v) is 6.06. The number of aromatic nitrogens is 2. The highest BCUT2D eigenvalue weighted by Gasteiger charge is 2.09. The van der Waals surface area contributed by atoms with Crippen molar-refractivity contribution in [2.24, 2.45) is 0 Å². The molecule has 0 aliphatic heterocycles. The number of hydrogen-bond donors (Lipinski definition) is 1. The third-order valence-corrected chi connectivity index (χ3v) is 4.66. The van der Waals surface area contributed by atoms with E-state index >= 15 is 0 Å². The average Bonchev–Trinajstić information content (AvgIpc) is 3.08. The second kappa shape index (κ2) is 6.44. The fourth-order valence-corrected chi connectivity index (χ4v) is 3.30. The van der Waals surface area contributed by atoms with Gasteiger partial charge in [0, 0.05) is 29.2 Å². The number of H-pyrrole nitrogens is 1. The van der Waals surface area contributed by atoms with Gasteiger partial charge in [-0.3, -0.25) is 0 Å². The van der Waals surface area contributed by atoms with Gasteiger partial charge in [-0.15, -0.1) is 0 Å². The summed E-state index contributed by atoms with van der Waals surface area (Å²) in [5.74, 6) is 0.871. The van der Waals surface area contributed by atoms with Crippen LogP contribution in [0.15, 0.2) is 60.9 Å². The molecule has 0 spiro atoms. The Morgan fingerprint density at radius 3 is 2.68 bits per heavy atom. The molecule has 4 aromatic rings. The monoisotopic (exact) mass is 329 g/mol. The van der Waals surface area contributed by atoms with E-state index in [4.69, 9.17) is 4.74 Å². The number of aromatic amines is 1. The zero-order valence-corrected chi connectivity index (χ0v) is 14.5. The molecule has 0 saturated carbocycles. The van der Waals surface area contributed by atoms with Crippen LogP contribution in [0.1, 0.15) is 18.1 Å². The summed E-state index contributed by atoms with van der Waals surface area (Å²) in [5, 5.41) is 2.43. The molecule has 3 nitrogen and oxygen atoms in total. The lowest BCUT2D eigenvalue weighted by Gasteiger charge is -2.02. The topological polar surface area (TPSA) is 28.9 Å². The van der Waals surface area contributed by atoms with Crippen molar-refractivity contribution < 1.29 is 9.30 Å². The Labute approximate surface area is 147 Å². The zero-order valence-electron chi connectivity index (χ0n) is 14.5. The molecule has 0 fully saturated rings. The standard InChI is InChI=1S/C22H20N2O/c1-3-24-13-12-16(19-6-4-5-7-22(19)24)8-9-17-15-23-21-11-10-18(25-2)14-20(17)21/h4-15H,3H2,1-2H3/p+1. The second-order valence-electron chi connectivity index (χ2n) is 6.06. The van der Waals surface area contributed by atoms with Crippen molar-refractivity contribution >= 4 is 34.0 Å². The molecule has 0 amide bonds. The summed E-state index contributed by atoms with van der Waals surface area (Å²) in [5.41, 5.74) is 4.75. The van der Waals surface area contributed by atoms with Gasteiger partial charge in [0.05, 0.1) is 12.5 Å². The van der Waals surface area contributed by atoms with Crippen LogP contribution in [0.3, 0.4) is 0 Å². The van der Waals surface area contributed by atoms with Gasteiger partial charge in [-0.05, 0) is 42.3 Å². The van der Waals surface area contributed by atoms with Gasteiger partial charge in [-0.1, -0.05) is 24.3 Å². The molecule has 2 aromatic heterocycles. The van der Waals surface area contributed by atoms with E-state index in [0.29, 0.717) is 0 Å². The third kappa shape index (κ3) is 2.78. The minimum absolute atomic E-state index is 0.871. The Morgan fingerprint density at radius 1 is 1.00 bits per heavy atom. The first-order chi connectivity index (χ1) is 12.3. The van der Waals surface area contributed by atoms with Gasteiger partial charge in [0.2, 0.25) is 5.52 Å². The van der Waals surface area contributed by atoms with Crippen LogP contribution in [0.5, 0.6) is 5.75 Å². The number of para-hydroxylation sites is 1. The lowest BCUT2D eigenvalue weighted by molar-refractivity contribution is -0.667. The third-order valence-electron chi connectivity index (χ3n) is 4.66. The molecule has 2 heterocycles. The first-order valence-corrected chi connectivity index (χ1v) is 8.54. The zero-order chi connectivity index (χ0) is 17.2. The summed E-state index contributed by atoms with van der Waals surface area (Å²) >= 11 is 0. The van der Waals surface area contributed by atoms with E-state index in [0.717, 1.165) is 23.4 Å². The fraction of sp³-hybridized carbons (Fsp3) is 0.136. The molecular formula is C22H21N2O+. The number of nitrogens with zero attached hydrogens (tertiary/aromatic N) is 1. The maximum Gasteiger partial charge on any atom is 0.213 e. The van der Waals surface area contributed by atoms with Crippen LogP contribution in [-0.4, -0.2) is 12.1 Å². The maximum absolute atomic E-state index is 5.35. The summed E-state index contributed by atoms with van der Waals surface area (Å²) in [6.45, 7) is 3.13. The average molecular weight is 329 g/mol. The molecule has 0 aliphatic carbocycles. The van der Waals surface area contributed by atoms with Crippen molar-refractivity contribution in [2.45, 2.75) is 13.5 Å². The number of aryl methyl sites for hydroxylation is 1. The van der Waals surface area contributed by atoms with Crippen molar-refractivity contribution in [3.05, 3.63) is 72.1 Å². The van der Waals surface area contributed by atoms with Gasteiger partial charge in [-0.2, -0.15) is 4.57 Å². The SMILES string of the molecule is CC[n+]1ccc(/C=C/c2c[nH]c3ccc(OC)cc23)c2ccccc21. The highest BCUT2D eigenvalue weighted by Crippen LogP contribution is 2.26. The maximum atomic E-state index is 5.35. The molecule has 0 saturated heterocycles. The number of fused-ring (bicyclic) bond motifs is 2. The summed E-state index contributed by atoms with van der Waals surface area (Å²) in [4.78, 5) is 3.32. The van der Waals surface area contributed by atoms with E-state index < -0.39 is 0 Å². The molecule has 0 radical (unpaired) electrons. The molecule has 0 aliphatic rings. The van der Waals surface area contributed by atoms with Crippen LogP contribution in [0.25, 0.3) is 34.0 Å². The van der Waals surface area contributed by atoms with E-state index in [1.54, 1.807) is 7.11 Å². The number of ether oxygens (including phenoxy) is 1. The molecule has 0 unspecified atom stereocenters. The Morgan fingerprint density at radius 2 is 1.84 bits per heavy atom. The molecule has 3 heteroatoms. The van der Waals surface area contributed by atoms with Crippen molar-refractivity contribution in [3.8, 4) is 5.75 Å². The molecule has 1 N–H and O–H groups in total. The predicted molar refractivity (Wildman–Crippen MR) is 104 cm³/mol. The van der Waals surface area contributed by atoms with E-state index in [2.05, 4.69) is 71.2 Å². The highest BCUT2D eigenvalue weighted by atomic mass is 16.5. The van der Waals surface area contributed by atoms with Crippen molar-refractivity contribution in [3.63, 3.8) is 0 Å². The van der Waals surface area contributed by atoms with Gasteiger partial charge >= 0.3 is 0 Å². The summed E-state index contributed by atoms with van der Waals surface area (Å²) < 4.78 is 7.62. The molecule has 2 aromatic carbocycles. The van der Waals surface area contributed by atoms with E-state index in [1.807, 2.05) is 18.3 Å². The molecule has 0 atom stereocenters.